The Labute approximate surface area is 142 Å². The Bertz CT molecular complexity index is 700. The molecule has 1 heterocycles. The Morgan fingerprint density at radius 1 is 1.17 bits per heavy atom. The van der Waals surface area contributed by atoms with E-state index in [0.717, 1.165) is 18.4 Å². The zero-order chi connectivity index (χ0) is 17.7. The average molecular weight is 331 g/mol. The van der Waals surface area contributed by atoms with E-state index in [1.165, 1.54) is 0 Å². The first kappa shape index (κ1) is 18.0. The molecule has 0 radical (unpaired) electrons. The molecule has 0 saturated heterocycles. The number of hydrogen-bond acceptors (Lipinski definition) is 4. The van der Waals surface area contributed by atoms with Crippen molar-refractivity contribution >= 4 is 22.8 Å². The Kier molecular flexibility index (Phi) is 5.95. The van der Waals surface area contributed by atoms with Crippen LogP contribution in [0.4, 0.5) is 0 Å². The Hall–Kier alpha value is -2.37. The molecule has 0 unspecified atom stereocenters. The van der Waals surface area contributed by atoms with Crippen LogP contribution in [0, 0.1) is 0 Å². The number of para-hydroxylation sites is 1. The zero-order valence-electron chi connectivity index (χ0n) is 14.7. The number of carbonyl (C=O) groups is 2. The van der Waals surface area contributed by atoms with Crippen molar-refractivity contribution in [3.05, 3.63) is 30.0 Å². The summed E-state index contributed by atoms with van der Waals surface area (Å²) in [6.45, 7) is 7.82. The molecule has 1 aromatic carbocycles. The van der Waals surface area contributed by atoms with Crippen molar-refractivity contribution in [2.45, 2.75) is 52.6 Å². The van der Waals surface area contributed by atoms with Crippen molar-refractivity contribution in [1.29, 1.82) is 0 Å². The fraction of sp³-hybridized carbons (Fsp3) is 0.500. The van der Waals surface area contributed by atoms with Gasteiger partial charge in [0.15, 0.2) is 12.3 Å². The van der Waals surface area contributed by atoms with Gasteiger partial charge in [0.2, 0.25) is 0 Å². The average Bonchev–Trinajstić information content (AvgIpc) is 3.03. The van der Waals surface area contributed by atoms with Crippen LogP contribution in [0.5, 0.6) is 0 Å². The number of carbonyl (C=O) groups excluding carboxylic acids is 2. The van der Waals surface area contributed by atoms with Crippen LogP contribution in [-0.4, -0.2) is 45.7 Å². The number of aromatic nitrogens is 2. The molecule has 130 valence electrons. The minimum Gasteiger partial charge on any atom is -0.451 e. The minimum absolute atomic E-state index is 0.109. The van der Waals surface area contributed by atoms with E-state index in [1.54, 1.807) is 11.0 Å². The molecule has 0 saturated carbocycles. The second-order valence-corrected chi connectivity index (χ2v) is 6.01. The van der Waals surface area contributed by atoms with Gasteiger partial charge in [-0.1, -0.05) is 32.0 Å². The fourth-order valence-corrected chi connectivity index (χ4v) is 2.71. The third-order valence-corrected chi connectivity index (χ3v) is 4.41. The quantitative estimate of drug-likeness (QED) is 0.791. The van der Waals surface area contributed by atoms with Crippen molar-refractivity contribution < 1.29 is 14.3 Å². The molecule has 2 aromatic rings. The third kappa shape index (κ3) is 3.75. The van der Waals surface area contributed by atoms with Gasteiger partial charge in [0.05, 0.1) is 5.52 Å². The smallest absolute Gasteiger partial charge is 0.359 e. The summed E-state index contributed by atoms with van der Waals surface area (Å²) in [4.78, 5) is 26.6. The predicted molar refractivity (Wildman–Crippen MR) is 92.7 cm³/mol. The number of nitrogens with one attached hydrogen (secondary N) is 1. The molecular weight excluding hydrogens is 306 g/mol. The fourth-order valence-electron chi connectivity index (χ4n) is 2.71. The number of aromatic amines is 1. The number of ether oxygens (including phenoxy) is 1. The van der Waals surface area contributed by atoms with E-state index < -0.39 is 5.97 Å². The van der Waals surface area contributed by atoms with Gasteiger partial charge in [0.1, 0.15) is 0 Å². The van der Waals surface area contributed by atoms with Crippen LogP contribution in [0.1, 0.15) is 51.0 Å². The lowest BCUT2D eigenvalue weighted by Gasteiger charge is -2.33. The summed E-state index contributed by atoms with van der Waals surface area (Å²) >= 11 is 0. The molecule has 0 spiro atoms. The summed E-state index contributed by atoms with van der Waals surface area (Å²) in [6.07, 6.45) is 1.71. The van der Waals surface area contributed by atoms with E-state index in [2.05, 4.69) is 10.2 Å². The first-order valence-corrected chi connectivity index (χ1v) is 8.40. The first-order chi connectivity index (χ1) is 11.5. The second-order valence-electron chi connectivity index (χ2n) is 6.01. The number of hydrogen-bond donors (Lipinski definition) is 1. The van der Waals surface area contributed by atoms with Crippen molar-refractivity contribution in [1.82, 2.24) is 15.1 Å². The molecular formula is C18H25N3O3. The lowest BCUT2D eigenvalue weighted by molar-refractivity contribution is -0.139. The SMILES string of the molecule is CC[C@@H](C)N(C(=O)COC(=O)c1n[nH]c2ccccc12)[C@@H](C)CC. The normalized spacial score (nSPS) is 13.5. The molecule has 0 bridgehead atoms. The van der Waals surface area contributed by atoms with Crippen LogP contribution >= 0.6 is 0 Å². The summed E-state index contributed by atoms with van der Waals surface area (Å²) in [5.41, 5.74) is 0.966. The summed E-state index contributed by atoms with van der Waals surface area (Å²) < 4.78 is 5.21. The maximum Gasteiger partial charge on any atom is 0.359 e. The molecule has 1 amide bonds. The number of fused-ring (bicyclic) bond motifs is 1. The maximum atomic E-state index is 12.5. The largest absolute Gasteiger partial charge is 0.451 e. The van der Waals surface area contributed by atoms with Crippen LogP contribution in [0.2, 0.25) is 0 Å². The summed E-state index contributed by atoms with van der Waals surface area (Å²) in [6, 6.07) is 7.53. The molecule has 6 nitrogen and oxygen atoms in total. The predicted octanol–water partition coefficient (Wildman–Crippen LogP) is 3.15. The van der Waals surface area contributed by atoms with Crippen molar-refractivity contribution in [3.8, 4) is 0 Å². The lowest BCUT2D eigenvalue weighted by Crippen LogP contribution is -2.46. The van der Waals surface area contributed by atoms with Gasteiger partial charge < -0.3 is 9.64 Å². The Morgan fingerprint density at radius 2 is 1.79 bits per heavy atom. The van der Waals surface area contributed by atoms with Gasteiger partial charge in [-0.15, -0.1) is 0 Å². The molecule has 0 aliphatic rings. The van der Waals surface area contributed by atoms with E-state index in [-0.39, 0.29) is 30.3 Å². The monoisotopic (exact) mass is 331 g/mol. The van der Waals surface area contributed by atoms with Crippen LogP contribution in [0.15, 0.2) is 24.3 Å². The highest BCUT2D eigenvalue weighted by Gasteiger charge is 2.25. The standard InChI is InChI=1S/C18H25N3O3/c1-5-12(3)21(13(4)6-2)16(22)11-24-18(23)17-14-9-7-8-10-15(14)19-20-17/h7-10,12-13H,5-6,11H2,1-4H3,(H,19,20)/t12-,13+. The van der Waals surface area contributed by atoms with Gasteiger partial charge >= 0.3 is 5.97 Å². The molecule has 0 aliphatic carbocycles. The van der Waals surface area contributed by atoms with Gasteiger partial charge in [-0.2, -0.15) is 5.10 Å². The Balaban J connectivity index is 2.05. The summed E-state index contributed by atoms with van der Waals surface area (Å²) in [5, 5.41) is 7.47. The molecule has 1 aromatic heterocycles. The summed E-state index contributed by atoms with van der Waals surface area (Å²) in [5.74, 6) is -0.763. The van der Waals surface area contributed by atoms with Crippen molar-refractivity contribution in [2.75, 3.05) is 6.61 Å². The van der Waals surface area contributed by atoms with Gasteiger partial charge in [-0.3, -0.25) is 9.89 Å². The first-order valence-electron chi connectivity index (χ1n) is 8.40. The van der Waals surface area contributed by atoms with Gasteiger partial charge in [-0.25, -0.2) is 4.79 Å². The number of benzene rings is 1. The van der Waals surface area contributed by atoms with Gasteiger partial charge in [0, 0.05) is 17.5 Å². The van der Waals surface area contributed by atoms with E-state index >= 15 is 0 Å². The van der Waals surface area contributed by atoms with Gasteiger partial charge in [0.25, 0.3) is 5.91 Å². The lowest BCUT2D eigenvalue weighted by atomic mass is 10.1. The highest BCUT2D eigenvalue weighted by Crippen LogP contribution is 2.16. The van der Waals surface area contributed by atoms with E-state index in [9.17, 15) is 9.59 Å². The maximum absolute atomic E-state index is 12.5. The number of H-pyrrole nitrogens is 1. The third-order valence-electron chi connectivity index (χ3n) is 4.41. The topological polar surface area (TPSA) is 75.3 Å². The zero-order valence-corrected chi connectivity index (χ0v) is 14.7. The van der Waals surface area contributed by atoms with E-state index in [4.69, 9.17) is 4.74 Å². The number of rotatable bonds is 7. The summed E-state index contributed by atoms with van der Waals surface area (Å²) in [7, 11) is 0. The number of amides is 1. The molecule has 0 fully saturated rings. The van der Waals surface area contributed by atoms with Crippen LogP contribution < -0.4 is 0 Å². The van der Waals surface area contributed by atoms with Crippen molar-refractivity contribution in [2.24, 2.45) is 0 Å². The van der Waals surface area contributed by atoms with Gasteiger partial charge in [-0.05, 0) is 32.8 Å². The molecule has 24 heavy (non-hydrogen) atoms. The minimum atomic E-state index is -0.589. The van der Waals surface area contributed by atoms with Crippen LogP contribution in [0.25, 0.3) is 10.9 Å². The van der Waals surface area contributed by atoms with Crippen LogP contribution in [-0.2, 0) is 9.53 Å². The Morgan fingerprint density at radius 3 is 2.42 bits per heavy atom. The number of nitrogens with zero attached hydrogens (tertiary/aromatic N) is 2. The highest BCUT2D eigenvalue weighted by atomic mass is 16.5. The number of esters is 1. The van der Waals surface area contributed by atoms with E-state index in [0.29, 0.717) is 5.39 Å². The molecule has 2 atom stereocenters. The second kappa shape index (κ2) is 7.95. The molecule has 1 N–H and O–H groups in total. The van der Waals surface area contributed by atoms with E-state index in [1.807, 2.05) is 45.9 Å². The van der Waals surface area contributed by atoms with Crippen LogP contribution in [0.3, 0.4) is 0 Å². The van der Waals surface area contributed by atoms with Crippen molar-refractivity contribution in [3.63, 3.8) is 0 Å². The molecule has 0 aliphatic heterocycles. The highest BCUT2D eigenvalue weighted by molar-refractivity contribution is 6.02. The molecule has 6 heteroatoms. The molecule has 2 rings (SSSR count).